The molecule has 0 aliphatic carbocycles. The Balaban J connectivity index is 1.98. The van der Waals surface area contributed by atoms with Gasteiger partial charge in [0.15, 0.2) is 0 Å². The predicted molar refractivity (Wildman–Crippen MR) is 106 cm³/mol. The smallest absolute Gasteiger partial charge is 0.215 e. The topological polar surface area (TPSA) is 58.9 Å². The molecular weight excluding hydrogens is 344 g/mol. The van der Waals surface area contributed by atoms with Gasteiger partial charge in [-0.1, -0.05) is 54.1 Å². The first kappa shape index (κ1) is 16.5. The lowest BCUT2D eigenvalue weighted by Gasteiger charge is -2.14. The third kappa shape index (κ3) is 3.02. The number of para-hydroxylation sites is 1. The summed E-state index contributed by atoms with van der Waals surface area (Å²) in [5, 5.41) is 14.4. The number of nitrogens with zero attached hydrogens (tertiary/aromatic N) is 1. The summed E-state index contributed by atoms with van der Waals surface area (Å²) in [5.74, 6) is -0.280. The highest BCUT2D eigenvalue weighted by Crippen LogP contribution is 2.40. The maximum atomic E-state index is 11.4. The Labute approximate surface area is 155 Å². The van der Waals surface area contributed by atoms with E-state index in [9.17, 15) is 10.1 Å². The first-order valence-corrected chi connectivity index (χ1v) is 9.34. The number of hydrogen-bond acceptors (Lipinski definition) is 3. The third-order valence-corrected chi connectivity index (χ3v) is 5.64. The summed E-state index contributed by atoms with van der Waals surface area (Å²) in [6, 6.07) is 20.2. The predicted octanol–water partition coefficient (Wildman–Crippen LogP) is 5.61. The maximum Gasteiger partial charge on any atom is 0.215 e. The number of nitro groups is 1. The Bertz CT molecular complexity index is 1050. The van der Waals surface area contributed by atoms with Crippen molar-refractivity contribution in [3.63, 3.8) is 0 Å². The number of benzene rings is 2. The lowest BCUT2D eigenvalue weighted by Crippen LogP contribution is -2.13. The Hall–Kier alpha value is -2.92. The Morgan fingerprint density at radius 1 is 1.08 bits per heavy atom. The van der Waals surface area contributed by atoms with Crippen molar-refractivity contribution in [2.24, 2.45) is 0 Å². The average Bonchev–Trinajstić information content (AvgIpc) is 3.28. The summed E-state index contributed by atoms with van der Waals surface area (Å²) in [6.07, 6.45) is 0. The van der Waals surface area contributed by atoms with Crippen LogP contribution in [0.25, 0.3) is 22.2 Å². The zero-order chi connectivity index (χ0) is 18.1. The van der Waals surface area contributed by atoms with Gasteiger partial charge < -0.3 is 4.98 Å². The van der Waals surface area contributed by atoms with Crippen molar-refractivity contribution in [1.82, 2.24) is 4.98 Å². The molecule has 4 rings (SSSR count). The fourth-order valence-corrected chi connectivity index (χ4v) is 4.26. The van der Waals surface area contributed by atoms with Crippen LogP contribution in [0.15, 0.2) is 66.0 Å². The molecule has 2 aromatic carbocycles. The molecule has 2 aromatic heterocycles. The molecule has 0 fully saturated rings. The van der Waals surface area contributed by atoms with Crippen molar-refractivity contribution in [2.75, 3.05) is 6.54 Å². The van der Waals surface area contributed by atoms with Gasteiger partial charge in [-0.3, -0.25) is 10.1 Å². The molecule has 0 bridgehead atoms. The summed E-state index contributed by atoms with van der Waals surface area (Å²) in [5.41, 5.74) is 5.20. The monoisotopic (exact) mass is 362 g/mol. The van der Waals surface area contributed by atoms with Crippen molar-refractivity contribution in [3.8, 4) is 11.3 Å². The first-order valence-electron chi connectivity index (χ1n) is 8.46. The van der Waals surface area contributed by atoms with E-state index in [0.29, 0.717) is 0 Å². The van der Waals surface area contributed by atoms with E-state index in [2.05, 4.69) is 36.2 Å². The minimum atomic E-state index is -0.280. The minimum absolute atomic E-state index is 0.124. The van der Waals surface area contributed by atoms with Crippen LogP contribution in [0.1, 0.15) is 21.9 Å². The standard InChI is InChI=1S/C21H18N2O2S/c1-14-8-10-15(11-9-14)21-20(16-5-2-3-6-18(16)22-21)17(13-23(24)25)19-7-4-12-26-19/h2-12,17,22H,13H2,1H3/t17-/m0/s1. The Kier molecular flexibility index (Phi) is 4.31. The molecule has 26 heavy (non-hydrogen) atoms. The summed E-state index contributed by atoms with van der Waals surface area (Å²) in [4.78, 5) is 15.7. The second-order valence-electron chi connectivity index (χ2n) is 6.41. The molecule has 4 nitrogen and oxygen atoms in total. The number of aromatic nitrogens is 1. The molecule has 0 amide bonds. The molecule has 0 spiro atoms. The van der Waals surface area contributed by atoms with Crippen molar-refractivity contribution in [3.05, 3.63) is 92.2 Å². The van der Waals surface area contributed by atoms with Gasteiger partial charge in [0.25, 0.3) is 0 Å². The van der Waals surface area contributed by atoms with E-state index in [1.54, 1.807) is 11.3 Å². The normalized spacial score (nSPS) is 12.3. The molecule has 4 aromatic rings. The quantitative estimate of drug-likeness (QED) is 0.370. The van der Waals surface area contributed by atoms with Crippen molar-refractivity contribution < 1.29 is 4.92 Å². The van der Waals surface area contributed by atoms with Crippen LogP contribution in [0.2, 0.25) is 0 Å². The van der Waals surface area contributed by atoms with Crippen LogP contribution >= 0.6 is 11.3 Å². The van der Waals surface area contributed by atoms with Crippen LogP contribution in [-0.4, -0.2) is 16.5 Å². The zero-order valence-corrected chi connectivity index (χ0v) is 15.1. The van der Waals surface area contributed by atoms with E-state index >= 15 is 0 Å². The summed E-state index contributed by atoms with van der Waals surface area (Å²) >= 11 is 1.57. The lowest BCUT2D eigenvalue weighted by molar-refractivity contribution is -0.481. The average molecular weight is 362 g/mol. The molecule has 0 saturated carbocycles. The van der Waals surface area contributed by atoms with Gasteiger partial charge in [-0.05, 0) is 30.0 Å². The maximum absolute atomic E-state index is 11.4. The molecule has 2 heterocycles. The Morgan fingerprint density at radius 2 is 1.85 bits per heavy atom. The lowest BCUT2D eigenvalue weighted by atomic mass is 9.92. The van der Waals surface area contributed by atoms with Crippen molar-refractivity contribution in [2.45, 2.75) is 12.8 Å². The highest BCUT2D eigenvalue weighted by atomic mass is 32.1. The van der Waals surface area contributed by atoms with Gasteiger partial charge in [-0.15, -0.1) is 11.3 Å². The van der Waals surface area contributed by atoms with Gasteiger partial charge in [0, 0.05) is 26.3 Å². The largest absolute Gasteiger partial charge is 0.354 e. The fraction of sp³-hybridized carbons (Fsp3) is 0.143. The number of aryl methyl sites for hydroxylation is 1. The van der Waals surface area contributed by atoms with Crippen LogP contribution < -0.4 is 0 Å². The van der Waals surface area contributed by atoms with E-state index in [0.717, 1.165) is 32.6 Å². The molecule has 0 unspecified atom stereocenters. The molecule has 1 atom stereocenters. The molecule has 0 aliphatic heterocycles. The number of rotatable bonds is 5. The van der Waals surface area contributed by atoms with E-state index in [1.807, 2.05) is 41.8 Å². The van der Waals surface area contributed by atoms with Crippen molar-refractivity contribution >= 4 is 22.2 Å². The second kappa shape index (κ2) is 6.77. The molecule has 5 heteroatoms. The van der Waals surface area contributed by atoms with Crippen LogP contribution in [0.5, 0.6) is 0 Å². The molecule has 0 saturated heterocycles. The minimum Gasteiger partial charge on any atom is -0.354 e. The Morgan fingerprint density at radius 3 is 2.54 bits per heavy atom. The van der Waals surface area contributed by atoms with E-state index < -0.39 is 0 Å². The van der Waals surface area contributed by atoms with Gasteiger partial charge in [-0.2, -0.15) is 0 Å². The highest BCUT2D eigenvalue weighted by Gasteiger charge is 2.28. The summed E-state index contributed by atoms with van der Waals surface area (Å²) in [6.45, 7) is 1.93. The number of hydrogen-bond donors (Lipinski definition) is 1. The van der Waals surface area contributed by atoms with Crippen LogP contribution in [0.3, 0.4) is 0 Å². The van der Waals surface area contributed by atoms with E-state index in [4.69, 9.17) is 0 Å². The van der Waals surface area contributed by atoms with Gasteiger partial charge >= 0.3 is 0 Å². The van der Waals surface area contributed by atoms with Crippen LogP contribution in [0, 0.1) is 17.0 Å². The molecule has 1 N–H and O–H groups in total. The van der Waals surface area contributed by atoms with Crippen LogP contribution in [-0.2, 0) is 0 Å². The fourth-order valence-electron chi connectivity index (χ4n) is 3.44. The number of nitrogens with one attached hydrogen (secondary N) is 1. The summed E-state index contributed by atoms with van der Waals surface area (Å²) in [7, 11) is 0. The molecule has 0 radical (unpaired) electrons. The zero-order valence-electron chi connectivity index (χ0n) is 14.3. The number of aromatic amines is 1. The number of thiophene rings is 1. The number of fused-ring (bicyclic) bond motifs is 1. The number of H-pyrrole nitrogens is 1. The molecular formula is C21H18N2O2S. The van der Waals surface area contributed by atoms with Gasteiger partial charge in [-0.25, -0.2) is 0 Å². The molecule has 130 valence electrons. The SMILES string of the molecule is Cc1ccc(-c2[nH]c3ccccc3c2[C@@H](C[N+](=O)[O-])c2cccs2)cc1. The van der Waals surface area contributed by atoms with E-state index in [-0.39, 0.29) is 17.4 Å². The summed E-state index contributed by atoms with van der Waals surface area (Å²) < 4.78 is 0. The van der Waals surface area contributed by atoms with Gasteiger partial charge in [0.2, 0.25) is 6.54 Å². The second-order valence-corrected chi connectivity index (χ2v) is 7.39. The third-order valence-electron chi connectivity index (χ3n) is 4.65. The van der Waals surface area contributed by atoms with Crippen LogP contribution in [0.4, 0.5) is 0 Å². The molecule has 0 aliphatic rings. The first-order chi connectivity index (χ1) is 12.6. The highest BCUT2D eigenvalue weighted by molar-refractivity contribution is 7.10. The van der Waals surface area contributed by atoms with Crippen molar-refractivity contribution in [1.29, 1.82) is 0 Å². The van der Waals surface area contributed by atoms with Gasteiger partial charge in [0.05, 0.1) is 11.6 Å². The van der Waals surface area contributed by atoms with Gasteiger partial charge in [0.1, 0.15) is 0 Å². The van der Waals surface area contributed by atoms with E-state index in [1.165, 1.54) is 5.56 Å².